The molecule has 2 N–H and O–H groups in total. The van der Waals surface area contributed by atoms with Gasteiger partial charge in [-0.2, -0.15) is 10.2 Å². The summed E-state index contributed by atoms with van der Waals surface area (Å²) < 4.78 is 27.1. The third kappa shape index (κ3) is 5.30. The van der Waals surface area contributed by atoms with Crippen LogP contribution in [0.4, 0.5) is 16.5 Å². The Bertz CT molecular complexity index is 1460. The van der Waals surface area contributed by atoms with Gasteiger partial charge >= 0.3 is 0 Å². The first kappa shape index (κ1) is 23.1. The first-order chi connectivity index (χ1) is 16.3. The molecular formula is C22H18N6O4S2. The van der Waals surface area contributed by atoms with Crippen molar-refractivity contribution in [2.45, 2.75) is 17.9 Å². The van der Waals surface area contributed by atoms with Crippen LogP contribution in [0.2, 0.25) is 0 Å². The molecule has 172 valence electrons. The zero-order chi connectivity index (χ0) is 24.1. The maximum Gasteiger partial charge on any atom is 0.263 e. The number of ketones is 1. The number of benzene rings is 3. The fourth-order valence-corrected chi connectivity index (χ4v) is 4.75. The number of hydrogen-bond acceptors (Lipinski definition) is 9. The predicted molar refractivity (Wildman–Crippen MR) is 129 cm³/mol. The topological polar surface area (TPSA) is 143 Å². The summed E-state index contributed by atoms with van der Waals surface area (Å²) >= 11 is 1.05. The van der Waals surface area contributed by atoms with E-state index in [-0.39, 0.29) is 15.7 Å². The third-order valence-corrected chi connectivity index (χ3v) is 6.79. The highest BCUT2D eigenvalue weighted by Crippen LogP contribution is 2.24. The lowest BCUT2D eigenvalue weighted by Crippen LogP contribution is -2.31. The number of rotatable bonds is 8. The lowest BCUT2D eigenvalue weighted by Gasteiger charge is -2.11. The van der Waals surface area contributed by atoms with E-state index in [1.807, 2.05) is 30.3 Å². The number of carbonyl (C=O) groups excluding carboxylic acids is 2. The molecule has 1 amide bonds. The first-order valence-corrected chi connectivity index (χ1v) is 12.3. The summed E-state index contributed by atoms with van der Waals surface area (Å²) in [5.74, 6) is -1.10. The summed E-state index contributed by atoms with van der Waals surface area (Å²) in [6.45, 7) is 1.25. The summed E-state index contributed by atoms with van der Waals surface area (Å²) in [6, 6.07) is 17.1. The van der Waals surface area contributed by atoms with Crippen LogP contribution < -0.4 is 10.0 Å². The summed E-state index contributed by atoms with van der Waals surface area (Å²) in [5.41, 5.74) is 2.24. The zero-order valence-electron chi connectivity index (χ0n) is 17.7. The maximum absolute atomic E-state index is 12.8. The lowest BCUT2D eigenvalue weighted by atomic mass is 10.1. The normalized spacial score (nSPS) is 12.5. The number of aromatic nitrogens is 2. The van der Waals surface area contributed by atoms with Gasteiger partial charge in [0, 0.05) is 11.1 Å². The number of hydrogen-bond donors (Lipinski definition) is 2. The molecule has 0 unspecified atom stereocenters. The molecule has 3 aromatic carbocycles. The van der Waals surface area contributed by atoms with Crippen LogP contribution in [0.15, 0.2) is 87.4 Å². The number of amides is 1. The number of nitrogens with one attached hydrogen (secondary N) is 2. The average molecular weight is 495 g/mol. The molecule has 1 atom stereocenters. The van der Waals surface area contributed by atoms with Gasteiger partial charge in [-0.15, -0.1) is 10.2 Å². The molecule has 34 heavy (non-hydrogen) atoms. The highest BCUT2D eigenvalue weighted by molar-refractivity contribution is 7.93. The molecule has 12 heteroatoms. The molecule has 1 heterocycles. The van der Waals surface area contributed by atoms with Crippen molar-refractivity contribution in [2.75, 3.05) is 10.0 Å². The molecule has 4 rings (SSSR count). The number of anilines is 2. The van der Waals surface area contributed by atoms with Gasteiger partial charge in [0.1, 0.15) is 5.51 Å². The molecule has 0 radical (unpaired) electrons. The fourth-order valence-electron chi connectivity index (χ4n) is 3.06. The molecule has 4 aromatic rings. The zero-order valence-corrected chi connectivity index (χ0v) is 19.4. The number of sulfonamides is 1. The summed E-state index contributed by atoms with van der Waals surface area (Å²) in [4.78, 5) is 24.8. The number of carbonyl (C=O) groups is 2. The van der Waals surface area contributed by atoms with Gasteiger partial charge in [0.25, 0.3) is 15.9 Å². The van der Waals surface area contributed by atoms with Crippen LogP contribution in [-0.2, 0) is 19.6 Å². The molecule has 1 aromatic heterocycles. The third-order valence-electron chi connectivity index (χ3n) is 4.70. The first-order valence-electron chi connectivity index (χ1n) is 9.92. The second kappa shape index (κ2) is 9.85. The second-order valence-electron chi connectivity index (χ2n) is 7.09. The predicted octanol–water partition coefficient (Wildman–Crippen LogP) is 4.17. The number of nitrogens with zero attached hydrogens (tertiary/aromatic N) is 4. The molecule has 0 fully saturated rings. The minimum absolute atomic E-state index is 0.0153. The van der Waals surface area contributed by atoms with E-state index in [9.17, 15) is 18.0 Å². The molecule has 0 bridgehead atoms. The van der Waals surface area contributed by atoms with E-state index in [4.69, 9.17) is 0 Å². The maximum atomic E-state index is 12.8. The minimum atomic E-state index is -3.84. The van der Waals surface area contributed by atoms with E-state index >= 15 is 0 Å². The van der Waals surface area contributed by atoms with Crippen molar-refractivity contribution in [1.82, 2.24) is 10.2 Å². The Morgan fingerprint density at radius 1 is 1.00 bits per heavy atom. The molecule has 0 saturated carbocycles. The fraction of sp³-hybridized carbons (Fsp3) is 0.0909. The summed E-state index contributed by atoms with van der Waals surface area (Å²) in [7, 11) is -3.84. The highest BCUT2D eigenvalue weighted by atomic mass is 32.2. The molecular weight excluding hydrogens is 476 g/mol. The number of azo groups is 1. The SMILES string of the molecule is CC(=O)[C@H](N=Nc1ccc(S(=O)(=O)Nc2nncs2)cc1)C(=O)Nc1cccc2ccccc12. The number of Topliss-reactive ketones (excluding diaryl/α,β-unsaturated/α-hetero) is 1. The molecule has 0 aliphatic rings. The van der Waals surface area contributed by atoms with Crippen LogP contribution in [0.1, 0.15) is 6.92 Å². The Morgan fingerprint density at radius 2 is 1.74 bits per heavy atom. The van der Waals surface area contributed by atoms with Crippen molar-refractivity contribution in [1.29, 1.82) is 0 Å². The summed E-state index contributed by atoms with van der Waals surface area (Å²) in [5, 5.41) is 19.7. The van der Waals surface area contributed by atoms with E-state index in [2.05, 4.69) is 30.5 Å². The van der Waals surface area contributed by atoms with E-state index < -0.39 is 27.8 Å². The molecule has 0 aliphatic heterocycles. The molecule has 10 nitrogen and oxygen atoms in total. The van der Waals surface area contributed by atoms with Crippen LogP contribution in [0.25, 0.3) is 10.8 Å². The van der Waals surface area contributed by atoms with Crippen LogP contribution >= 0.6 is 11.3 Å². The van der Waals surface area contributed by atoms with E-state index in [0.717, 1.165) is 22.1 Å². The van der Waals surface area contributed by atoms with E-state index in [0.29, 0.717) is 5.69 Å². The van der Waals surface area contributed by atoms with Crippen molar-refractivity contribution >= 4 is 60.3 Å². The van der Waals surface area contributed by atoms with Gasteiger partial charge in [0.05, 0.1) is 10.6 Å². The van der Waals surface area contributed by atoms with Gasteiger partial charge in [-0.3, -0.25) is 14.3 Å². The largest absolute Gasteiger partial charge is 0.323 e. The van der Waals surface area contributed by atoms with Gasteiger partial charge in [0.15, 0.2) is 5.78 Å². The molecule has 0 aliphatic carbocycles. The Hall–Kier alpha value is -4.03. The standard InChI is InChI=1S/C22H18N6O4S2/c1-14(29)20(21(30)24-19-8-4-6-15-5-2-3-7-18(15)19)26-25-16-9-11-17(12-10-16)34(31,32)28-22-27-23-13-33-22/h2-13,20H,1H3,(H,24,30)(H,27,28)/t20-/m0/s1. The Morgan fingerprint density at radius 3 is 2.44 bits per heavy atom. The second-order valence-corrected chi connectivity index (χ2v) is 9.60. The van der Waals surface area contributed by atoms with Gasteiger partial charge in [-0.05, 0) is 42.6 Å². The monoisotopic (exact) mass is 494 g/mol. The van der Waals surface area contributed by atoms with Gasteiger partial charge in [-0.1, -0.05) is 47.7 Å². The summed E-state index contributed by atoms with van der Waals surface area (Å²) in [6.07, 6.45) is 0. The van der Waals surface area contributed by atoms with E-state index in [1.165, 1.54) is 36.7 Å². The Labute approximate surface area is 198 Å². The van der Waals surface area contributed by atoms with Crippen molar-refractivity contribution in [3.05, 3.63) is 72.2 Å². The highest BCUT2D eigenvalue weighted by Gasteiger charge is 2.24. The van der Waals surface area contributed by atoms with E-state index in [1.54, 1.807) is 12.1 Å². The molecule has 0 saturated heterocycles. The van der Waals surface area contributed by atoms with Crippen molar-refractivity contribution < 1.29 is 18.0 Å². The smallest absolute Gasteiger partial charge is 0.263 e. The van der Waals surface area contributed by atoms with Crippen LogP contribution in [0, 0.1) is 0 Å². The number of fused-ring (bicyclic) bond motifs is 1. The Kier molecular flexibility index (Phi) is 6.70. The lowest BCUT2D eigenvalue weighted by molar-refractivity contribution is -0.126. The van der Waals surface area contributed by atoms with Crippen LogP contribution in [0.3, 0.4) is 0 Å². The average Bonchev–Trinajstić information content (AvgIpc) is 3.32. The van der Waals surface area contributed by atoms with Crippen molar-refractivity contribution in [3.63, 3.8) is 0 Å². The van der Waals surface area contributed by atoms with Crippen LogP contribution in [0.5, 0.6) is 0 Å². The quantitative estimate of drug-likeness (QED) is 0.278. The van der Waals surface area contributed by atoms with Crippen molar-refractivity contribution in [3.8, 4) is 0 Å². The Balaban J connectivity index is 1.49. The van der Waals surface area contributed by atoms with Gasteiger partial charge in [0.2, 0.25) is 11.2 Å². The molecule has 0 spiro atoms. The minimum Gasteiger partial charge on any atom is -0.323 e. The van der Waals surface area contributed by atoms with Crippen LogP contribution in [-0.4, -0.2) is 36.3 Å². The van der Waals surface area contributed by atoms with Gasteiger partial charge in [-0.25, -0.2) is 8.42 Å². The van der Waals surface area contributed by atoms with Crippen molar-refractivity contribution in [2.24, 2.45) is 10.2 Å². The van der Waals surface area contributed by atoms with Gasteiger partial charge < -0.3 is 5.32 Å².